The third-order valence-corrected chi connectivity index (χ3v) is 2.82. The summed E-state index contributed by atoms with van der Waals surface area (Å²) in [4.78, 5) is 0. The molecule has 4 heteroatoms. The van der Waals surface area contributed by atoms with Crippen LogP contribution in [0.1, 0.15) is 0 Å². The lowest BCUT2D eigenvalue weighted by molar-refractivity contribution is 0.172. The first-order chi connectivity index (χ1) is 4.70. The smallest absolute Gasteiger partial charge is 0.118 e. The summed E-state index contributed by atoms with van der Waals surface area (Å²) in [6, 6.07) is 0. The van der Waals surface area contributed by atoms with Crippen molar-refractivity contribution in [2.24, 2.45) is 0 Å². The fourth-order valence-electron chi connectivity index (χ4n) is 1.18. The largest absolute Gasteiger partial charge is 0.386 e. The van der Waals surface area contributed by atoms with Crippen LogP contribution in [0.4, 0.5) is 0 Å². The minimum Gasteiger partial charge on any atom is -0.386 e. The molecule has 0 unspecified atom stereocenters. The van der Waals surface area contributed by atoms with Crippen molar-refractivity contribution in [3.63, 3.8) is 0 Å². The van der Waals surface area contributed by atoms with Crippen LogP contribution in [-0.4, -0.2) is 34.6 Å². The average molecular weight is 254 g/mol. The highest BCUT2D eigenvalue weighted by Gasteiger charge is 2.52. The zero-order valence-electron chi connectivity index (χ0n) is 5.07. The molecular formula is C6H7IO3. The molecule has 0 spiro atoms. The summed E-state index contributed by atoms with van der Waals surface area (Å²) in [5.41, 5.74) is 0. The molecule has 3 nitrogen and oxygen atoms in total. The number of rotatable bonds is 0. The molecule has 2 rings (SSSR count). The number of aliphatic hydroxyl groups is 2. The molecule has 0 aromatic carbocycles. The quantitative estimate of drug-likeness (QED) is 0.465. The standard InChI is InChI=1S/C6H7IO3/c7-2-1-3(8)5-6(10-5)4(2)9/h1,3-6,8-9H/t3-,4+,5-,6+/m0/s1. The lowest BCUT2D eigenvalue weighted by atomic mass is 10.0. The lowest BCUT2D eigenvalue weighted by Gasteiger charge is -2.13. The average Bonchev–Trinajstić information content (AvgIpc) is 2.61. The van der Waals surface area contributed by atoms with Crippen molar-refractivity contribution in [2.75, 3.05) is 0 Å². The van der Waals surface area contributed by atoms with Gasteiger partial charge in [-0.25, -0.2) is 0 Å². The minimum atomic E-state index is -0.514. The Morgan fingerprint density at radius 3 is 2.80 bits per heavy atom. The molecule has 1 aliphatic carbocycles. The van der Waals surface area contributed by atoms with E-state index >= 15 is 0 Å². The van der Waals surface area contributed by atoms with Gasteiger partial charge in [0.2, 0.25) is 0 Å². The van der Waals surface area contributed by atoms with Crippen molar-refractivity contribution in [3.05, 3.63) is 9.66 Å². The first-order valence-electron chi connectivity index (χ1n) is 3.09. The lowest BCUT2D eigenvalue weighted by Crippen LogP contribution is -2.28. The van der Waals surface area contributed by atoms with Crippen LogP contribution in [-0.2, 0) is 4.74 Å². The Morgan fingerprint density at radius 2 is 2.10 bits per heavy atom. The maximum Gasteiger partial charge on any atom is 0.118 e. The molecular weight excluding hydrogens is 247 g/mol. The Labute approximate surface area is 71.8 Å². The van der Waals surface area contributed by atoms with Crippen molar-refractivity contribution in [2.45, 2.75) is 24.4 Å². The fourth-order valence-corrected chi connectivity index (χ4v) is 1.90. The van der Waals surface area contributed by atoms with Crippen LogP contribution in [0.2, 0.25) is 0 Å². The fraction of sp³-hybridized carbons (Fsp3) is 0.667. The monoisotopic (exact) mass is 254 g/mol. The van der Waals surface area contributed by atoms with Crippen LogP contribution in [0, 0.1) is 0 Å². The Morgan fingerprint density at radius 1 is 1.40 bits per heavy atom. The van der Waals surface area contributed by atoms with Crippen LogP contribution in [0.25, 0.3) is 0 Å². The summed E-state index contributed by atoms with van der Waals surface area (Å²) in [5.74, 6) is 0. The molecule has 4 atom stereocenters. The van der Waals surface area contributed by atoms with Gasteiger partial charge in [0, 0.05) is 3.58 Å². The topological polar surface area (TPSA) is 53.0 Å². The van der Waals surface area contributed by atoms with E-state index in [9.17, 15) is 10.2 Å². The van der Waals surface area contributed by atoms with Gasteiger partial charge in [-0.2, -0.15) is 0 Å². The van der Waals surface area contributed by atoms with Crippen LogP contribution in [0.5, 0.6) is 0 Å². The van der Waals surface area contributed by atoms with Gasteiger partial charge >= 0.3 is 0 Å². The molecule has 0 amide bonds. The maximum atomic E-state index is 9.29. The van der Waals surface area contributed by atoms with Crippen molar-refractivity contribution in [1.29, 1.82) is 0 Å². The normalized spacial score (nSPS) is 51.7. The number of hydrogen-bond acceptors (Lipinski definition) is 3. The molecule has 1 fully saturated rings. The molecule has 56 valence electrons. The third-order valence-electron chi connectivity index (χ3n) is 1.82. The number of halogens is 1. The third kappa shape index (κ3) is 0.903. The van der Waals surface area contributed by atoms with Gasteiger partial charge in [0.05, 0.1) is 0 Å². The molecule has 1 saturated heterocycles. The van der Waals surface area contributed by atoms with Crippen LogP contribution >= 0.6 is 22.6 Å². The van der Waals surface area contributed by atoms with Gasteiger partial charge in [0.15, 0.2) is 0 Å². The summed E-state index contributed by atoms with van der Waals surface area (Å²) in [6.07, 6.45) is 0.328. The highest BCUT2D eigenvalue weighted by molar-refractivity contribution is 14.1. The van der Waals surface area contributed by atoms with E-state index in [0.29, 0.717) is 0 Å². The first kappa shape index (κ1) is 7.02. The van der Waals surface area contributed by atoms with Gasteiger partial charge in [-0.3, -0.25) is 0 Å². The molecule has 1 aliphatic heterocycles. The SMILES string of the molecule is O[C@@H]1C(I)=C[C@H](O)[C@@H]2O[C@@H]21. The number of aliphatic hydroxyl groups excluding tert-OH is 2. The van der Waals surface area contributed by atoms with E-state index in [1.807, 2.05) is 22.6 Å². The maximum absolute atomic E-state index is 9.29. The Kier molecular flexibility index (Phi) is 1.52. The zero-order chi connectivity index (χ0) is 7.30. The predicted octanol–water partition coefficient (Wildman–Crippen LogP) is -0.192. The van der Waals surface area contributed by atoms with Gasteiger partial charge in [-0.05, 0) is 28.7 Å². The molecule has 0 saturated carbocycles. The van der Waals surface area contributed by atoms with Crippen molar-refractivity contribution < 1.29 is 14.9 Å². The second-order valence-corrected chi connectivity index (χ2v) is 3.80. The van der Waals surface area contributed by atoms with E-state index in [1.54, 1.807) is 6.08 Å². The summed E-state index contributed by atoms with van der Waals surface area (Å²) < 4.78 is 5.80. The van der Waals surface area contributed by atoms with Crippen LogP contribution < -0.4 is 0 Å². The molecule has 1 heterocycles. The van der Waals surface area contributed by atoms with E-state index in [4.69, 9.17) is 4.74 Å². The van der Waals surface area contributed by atoms with Crippen molar-refractivity contribution in [3.8, 4) is 0 Å². The van der Waals surface area contributed by atoms with Gasteiger partial charge in [0.25, 0.3) is 0 Å². The molecule has 0 radical (unpaired) electrons. The number of epoxide rings is 1. The summed E-state index contributed by atoms with van der Waals surface area (Å²) >= 11 is 2.01. The summed E-state index contributed by atoms with van der Waals surface area (Å²) in [5, 5.41) is 18.5. The number of hydrogen-bond donors (Lipinski definition) is 2. The molecule has 2 N–H and O–H groups in total. The van der Waals surface area contributed by atoms with Crippen LogP contribution in [0.3, 0.4) is 0 Å². The molecule has 0 aromatic rings. The van der Waals surface area contributed by atoms with E-state index in [0.717, 1.165) is 3.58 Å². The summed E-state index contributed by atoms with van der Waals surface area (Å²) in [6.45, 7) is 0. The number of fused-ring (bicyclic) bond motifs is 1. The van der Waals surface area contributed by atoms with Crippen molar-refractivity contribution in [1.82, 2.24) is 0 Å². The van der Waals surface area contributed by atoms with Gasteiger partial charge < -0.3 is 14.9 Å². The van der Waals surface area contributed by atoms with E-state index in [-0.39, 0.29) is 12.2 Å². The first-order valence-corrected chi connectivity index (χ1v) is 4.17. The predicted molar refractivity (Wildman–Crippen MR) is 42.8 cm³/mol. The molecule has 2 aliphatic rings. The molecule has 0 bridgehead atoms. The Hall–Kier alpha value is 0.350. The van der Waals surface area contributed by atoms with E-state index in [1.165, 1.54) is 0 Å². The van der Waals surface area contributed by atoms with Gasteiger partial charge in [-0.15, -0.1) is 0 Å². The molecule has 0 aromatic heterocycles. The second kappa shape index (κ2) is 2.17. The highest BCUT2D eigenvalue weighted by Crippen LogP contribution is 2.38. The zero-order valence-corrected chi connectivity index (χ0v) is 7.22. The molecule has 10 heavy (non-hydrogen) atoms. The van der Waals surface area contributed by atoms with Gasteiger partial charge in [-0.1, -0.05) is 0 Å². The van der Waals surface area contributed by atoms with Crippen molar-refractivity contribution >= 4 is 22.6 Å². The second-order valence-electron chi connectivity index (χ2n) is 2.55. The van der Waals surface area contributed by atoms with Gasteiger partial charge in [0.1, 0.15) is 24.4 Å². The van der Waals surface area contributed by atoms with E-state index in [2.05, 4.69) is 0 Å². The summed E-state index contributed by atoms with van der Waals surface area (Å²) in [7, 11) is 0. The number of ether oxygens (including phenoxy) is 1. The Balaban J connectivity index is 2.22. The highest BCUT2D eigenvalue weighted by atomic mass is 127. The van der Waals surface area contributed by atoms with Crippen LogP contribution in [0.15, 0.2) is 9.66 Å². The van der Waals surface area contributed by atoms with E-state index < -0.39 is 12.2 Å². The Bertz CT molecular complexity index is 191. The minimum absolute atomic E-state index is 0.145.